The Kier molecular flexibility index (Phi) is 6.23. The summed E-state index contributed by atoms with van der Waals surface area (Å²) in [4.78, 5) is 27.0. The monoisotopic (exact) mass is 413 g/mol. The van der Waals surface area contributed by atoms with Gasteiger partial charge in [-0.15, -0.1) is 0 Å². The molecule has 3 N–H and O–H groups in total. The minimum atomic E-state index is -0.855. The van der Waals surface area contributed by atoms with Gasteiger partial charge in [0, 0.05) is 13.5 Å². The van der Waals surface area contributed by atoms with Crippen LogP contribution in [-0.4, -0.2) is 33.9 Å². The van der Waals surface area contributed by atoms with Crippen molar-refractivity contribution < 1.29 is 19.1 Å². The molecule has 1 heterocycles. The maximum Gasteiger partial charge on any atom is 0.259 e. The molecule has 0 spiro atoms. The number of aliphatic hydroxyl groups is 1. The van der Waals surface area contributed by atoms with Crippen LogP contribution >= 0.6 is 12.2 Å². The smallest absolute Gasteiger partial charge is 0.259 e. The van der Waals surface area contributed by atoms with Gasteiger partial charge in [0.05, 0.1) is 17.2 Å². The van der Waals surface area contributed by atoms with Gasteiger partial charge in [-0.2, -0.15) is 0 Å². The number of rotatable bonds is 5. The fraction of sp³-hybridized carbons (Fsp3) is 0.190. The number of fused-ring (bicyclic) bond motifs is 1. The molecule has 6 nitrogen and oxygen atoms in total. The molecule has 2 aromatic rings. The number of carbonyl (C=O) groups is 2. The number of aliphatic hydroxyl groups excluding tert-OH is 1. The highest BCUT2D eigenvalue weighted by Gasteiger charge is 2.37. The number of thiocarbonyl (C=S) groups is 1. The summed E-state index contributed by atoms with van der Waals surface area (Å²) in [5.74, 6) is -2.11. The van der Waals surface area contributed by atoms with E-state index in [0.717, 1.165) is 11.1 Å². The van der Waals surface area contributed by atoms with Crippen LogP contribution in [0.3, 0.4) is 0 Å². The number of benzene rings is 2. The Hall–Kier alpha value is -3.26. The molecule has 2 aromatic carbocycles. The van der Waals surface area contributed by atoms with E-state index in [4.69, 9.17) is 12.2 Å². The number of para-hydroxylation sites is 1. The molecule has 150 valence electrons. The van der Waals surface area contributed by atoms with E-state index in [1.54, 1.807) is 18.2 Å². The van der Waals surface area contributed by atoms with Gasteiger partial charge < -0.3 is 20.6 Å². The van der Waals surface area contributed by atoms with Crippen molar-refractivity contribution in [1.82, 2.24) is 10.2 Å². The summed E-state index contributed by atoms with van der Waals surface area (Å²) in [6, 6.07) is 12.2. The lowest BCUT2D eigenvalue weighted by Crippen LogP contribution is -2.43. The zero-order valence-electron chi connectivity index (χ0n) is 15.7. The first-order valence-corrected chi connectivity index (χ1v) is 9.45. The molecular formula is C21H20FN3O3S. The van der Waals surface area contributed by atoms with Crippen LogP contribution in [0.15, 0.2) is 60.0 Å². The molecular weight excluding hydrogens is 393 g/mol. The lowest BCUT2D eigenvalue weighted by Gasteiger charge is -2.37. The van der Waals surface area contributed by atoms with Crippen LogP contribution < -0.4 is 10.6 Å². The van der Waals surface area contributed by atoms with E-state index in [2.05, 4.69) is 10.6 Å². The summed E-state index contributed by atoms with van der Waals surface area (Å²) in [5, 5.41) is 15.5. The fourth-order valence-corrected chi connectivity index (χ4v) is 3.58. The first-order chi connectivity index (χ1) is 13.9. The molecule has 0 aliphatic carbocycles. The summed E-state index contributed by atoms with van der Waals surface area (Å²) < 4.78 is 14.1. The third kappa shape index (κ3) is 4.27. The van der Waals surface area contributed by atoms with E-state index in [0.29, 0.717) is 18.5 Å². The lowest BCUT2D eigenvalue weighted by atomic mass is 9.87. The largest absolute Gasteiger partial charge is 0.494 e. The summed E-state index contributed by atoms with van der Waals surface area (Å²) in [7, 11) is 0. The third-order valence-corrected chi connectivity index (χ3v) is 4.90. The van der Waals surface area contributed by atoms with Crippen molar-refractivity contribution in [3.8, 4) is 0 Å². The summed E-state index contributed by atoms with van der Waals surface area (Å²) in [6.45, 7) is 1.77. The summed E-state index contributed by atoms with van der Waals surface area (Å²) in [5.41, 5.74) is 2.56. The van der Waals surface area contributed by atoms with E-state index in [9.17, 15) is 19.1 Å². The SMILES string of the molecule is CC(=O)N1CCc2ccccc2[C@@H]1/C(C(=O)Nc1ccccc1F)=C(/O)NC=S. The van der Waals surface area contributed by atoms with Crippen molar-refractivity contribution >= 4 is 35.2 Å². The third-order valence-electron chi connectivity index (χ3n) is 4.78. The molecule has 0 fully saturated rings. The minimum absolute atomic E-state index is 0.0383. The van der Waals surface area contributed by atoms with E-state index in [1.165, 1.54) is 30.0 Å². The van der Waals surface area contributed by atoms with E-state index in [-0.39, 0.29) is 17.2 Å². The number of hydrogen-bond donors (Lipinski definition) is 3. The Bertz CT molecular complexity index is 993. The van der Waals surface area contributed by atoms with Crippen molar-refractivity contribution in [2.24, 2.45) is 0 Å². The van der Waals surface area contributed by atoms with Crippen LogP contribution in [0, 0.1) is 5.82 Å². The zero-order chi connectivity index (χ0) is 21.0. The van der Waals surface area contributed by atoms with Gasteiger partial charge >= 0.3 is 0 Å². The molecule has 0 saturated heterocycles. The summed E-state index contributed by atoms with van der Waals surface area (Å²) >= 11 is 4.74. The molecule has 29 heavy (non-hydrogen) atoms. The van der Waals surface area contributed by atoms with Gasteiger partial charge in [-0.25, -0.2) is 4.39 Å². The van der Waals surface area contributed by atoms with Crippen LogP contribution in [0.4, 0.5) is 10.1 Å². The summed E-state index contributed by atoms with van der Waals surface area (Å²) in [6.07, 6.45) is 0.621. The van der Waals surface area contributed by atoms with Gasteiger partial charge in [0.25, 0.3) is 5.91 Å². The van der Waals surface area contributed by atoms with Crippen molar-refractivity contribution in [3.63, 3.8) is 0 Å². The average molecular weight is 413 g/mol. The number of nitrogens with zero attached hydrogens (tertiary/aromatic N) is 1. The first-order valence-electron chi connectivity index (χ1n) is 8.98. The van der Waals surface area contributed by atoms with Crippen molar-refractivity contribution in [2.45, 2.75) is 19.4 Å². The highest BCUT2D eigenvalue weighted by Crippen LogP contribution is 2.36. The highest BCUT2D eigenvalue weighted by atomic mass is 32.1. The molecule has 3 rings (SSSR count). The van der Waals surface area contributed by atoms with Gasteiger partial charge in [0.1, 0.15) is 11.4 Å². The number of nitrogens with one attached hydrogen (secondary N) is 2. The second-order valence-electron chi connectivity index (χ2n) is 6.52. The van der Waals surface area contributed by atoms with E-state index >= 15 is 0 Å². The Morgan fingerprint density at radius 2 is 1.90 bits per heavy atom. The second kappa shape index (κ2) is 8.83. The molecule has 1 atom stereocenters. The number of amides is 2. The Morgan fingerprint density at radius 3 is 2.59 bits per heavy atom. The van der Waals surface area contributed by atoms with Crippen LogP contribution in [0.2, 0.25) is 0 Å². The lowest BCUT2D eigenvalue weighted by molar-refractivity contribution is -0.131. The molecule has 8 heteroatoms. The average Bonchev–Trinajstić information content (AvgIpc) is 2.70. The fourth-order valence-electron chi connectivity index (χ4n) is 3.46. The van der Waals surface area contributed by atoms with Crippen molar-refractivity contribution in [3.05, 3.63) is 76.9 Å². The predicted molar refractivity (Wildman–Crippen MR) is 112 cm³/mol. The molecule has 2 amide bonds. The van der Waals surface area contributed by atoms with Gasteiger partial charge in [-0.05, 0) is 29.7 Å². The Labute approximate surface area is 173 Å². The van der Waals surface area contributed by atoms with Gasteiger partial charge in [0.15, 0.2) is 5.88 Å². The second-order valence-corrected chi connectivity index (χ2v) is 6.76. The van der Waals surface area contributed by atoms with Gasteiger partial charge in [-0.3, -0.25) is 9.59 Å². The van der Waals surface area contributed by atoms with E-state index < -0.39 is 23.6 Å². The van der Waals surface area contributed by atoms with Crippen molar-refractivity contribution in [2.75, 3.05) is 11.9 Å². The normalized spacial score (nSPS) is 16.3. The van der Waals surface area contributed by atoms with Crippen LogP contribution in [-0.2, 0) is 16.0 Å². The van der Waals surface area contributed by atoms with E-state index in [1.807, 2.05) is 12.1 Å². The van der Waals surface area contributed by atoms with Crippen LogP contribution in [0.25, 0.3) is 0 Å². The molecule has 0 radical (unpaired) electrons. The molecule has 0 aromatic heterocycles. The highest BCUT2D eigenvalue weighted by molar-refractivity contribution is 7.78. The molecule has 1 aliphatic rings. The maximum absolute atomic E-state index is 14.1. The Morgan fingerprint density at radius 1 is 1.21 bits per heavy atom. The first kappa shape index (κ1) is 20.5. The van der Waals surface area contributed by atoms with Crippen molar-refractivity contribution in [1.29, 1.82) is 0 Å². The van der Waals surface area contributed by atoms with Crippen LogP contribution in [0.1, 0.15) is 24.1 Å². The number of halogens is 1. The standard InChI is InChI=1S/C21H20FN3O3S/c1-13(26)25-11-10-14-6-2-3-7-15(14)19(25)18(20(27)23-12-29)21(28)24-17-9-5-4-8-16(17)22/h2-9,12,19,27H,10-11H2,1H3,(H,23,29)(H,24,28)/b20-18-/t19-/m1/s1. The number of hydrogen-bond acceptors (Lipinski definition) is 4. The molecule has 0 unspecified atom stereocenters. The predicted octanol–water partition coefficient (Wildman–Crippen LogP) is 3.23. The maximum atomic E-state index is 14.1. The topological polar surface area (TPSA) is 81.7 Å². The van der Waals surface area contributed by atoms with Crippen LogP contribution in [0.5, 0.6) is 0 Å². The molecule has 1 aliphatic heterocycles. The quantitative estimate of drug-likeness (QED) is 0.398. The number of carbonyl (C=O) groups excluding carboxylic acids is 2. The number of anilines is 1. The zero-order valence-corrected chi connectivity index (χ0v) is 16.5. The minimum Gasteiger partial charge on any atom is -0.494 e. The van der Waals surface area contributed by atoms with Gasteiger partial charge in [0.2, 0.25) is 5.91 Å². The molecule has 0 bridgehead atoms. The Balaban J connectivity index is 2.12. The molecule has 0 saturated carbocycles. The van der Waals surface area contributed by atoms with Gasteiger partial charge in [-0.1, -0.05) is 48.6 Å².